The largest absolute Gasteiger partial charge is 0.444 e. The maximum atomic E-state index is 14.8. The summed E-state index contributed by atoms with van der Waals surface area (Å²) in [4.78, 5) is 33.6. The van der Waals surface area contributed by atoms with E-state index >= 15 is 0 Å². The van der Waals surface area contributed by atoms with Crippen LogP contribution in [-0.2, 0) is 15.5 Å². The van der Waals surface area contributed by atoms with E-state index in [2.05, 4.69) is 27.5 Å². The molecule has 2 N–H and O–H groups in total. The number of hydrogen-bond acceptors (Lipinski definition) is 6. The van der Waals surface area contributed by atoms with Crippen LogP contribution in [0.15, 0.2) is 47.6 Å². The Bertz CT molecular complexity index is 1510. The zero-order valence-electron chi connectivity index (χ0n) is 24.0. The Morgan fingerprint density at radius 3 is 2.36 bits per heavy atom. The van der Waals surface area contributed by atoms with E-state index in [1.807, 2.05) is 0 Å². The lowest BCUT2D eigenvalue weighted by Crippen LogP contribution is -2.42. The first kappa shape index (κ1) is 31.1. The third kappa shape index (κ3) is 7.53. The molecule has 42 heavy (non-hydrogen) atoms. The molecule has 1 saturated carbocycles. The maximum absolute atomic E-state index is 14.8. The lowest BCUT2D eigenvalue weighted by molar-refractivity contribution is 0.0482. The third-order valence-electron chi connectivity index (χ3n) is 6.87. The monoisotopic (exact) mass is 602 g/mol. The van der Waals surface area contributed by atoms with E-state index in [-0.39, 0.29) is 28.5 Å². The summed E-state index contributed by atoms with van der Waals surface area (Å²) < 4.78 is 61.3. The van der Waals surface area contributed by atoms with Crippen LogP contribution in [0.2, 0.25) is 0 Å². The van der Waals surface area contributed by atoms with Crippen LogP contribution in [-0.4, -0.2) is 44.1 Å². The lowest BCUT2D eigenvalue weighted by atomic mass is 9.76. The molecule has 0 radical (unpaired) electrons. The predicted octanol–water partition coefficient (Wildman–Crippen LogP) is 6.35. The van der Waals surface area contributed by atoms with Gasteiger partial charge in [0.05, 0.1) is 17.4 Å². The van der Waals surface area contributed by atoms with Gasteiger partial charge in [0.2, 0.25) is 0 Å². The summed E-state index contributed by atoms with van der Waals surface area (Å²) in [6.45, 7) is 7.47. The van der Waals surface area contributed by atoms with Crippen molar-refractivity contribution in [2.75, 3.05) is 11.6 Å². The number of amides is 2. The number of hydrogen-bond donors (Lipinski definition) is 2. The van der Waals surface area contributed by atoms with Crippen molar-refractivity contribution in [3.05, 3.63) is 71.4 Å². The lowest BCUT2D eigenvalue weighted by Gasteiger charge is -2.35. The molecular formula is C30H33F3N4O4S. The normalized spacial score (nSPS) is 19.6. The second-order valence-electron chi connectivity index (χ2n) is 11.5. The molecule has 2 amide bonds. The highest BCUT2D eigenvalue weighted by molar-refractivity contribution is 7.84. The van der Waals surface area contributed by atoms with E-state index in [0.29, 0.717) is 12.1 Å². The minimum absolute atomic E-state index is 0.0328. The standard InChI is InChI=1S/C30H33F3N4O4S/c1-16-10-17(12-18(11-16)35-29(39)41-30(2,3)4)20-8-9-34-15-25(20)37-28(38)24-7-6-21(31)27(36-24)26-22(32)13-19(42(5)40)14-23(26)33/h6-9,13-18H,10-12H2,1-5H3,(H,35,39)(H,37,38)/t16-,17?,18?,42+/m0/s1. The first-order chi connectivity index (χ1) is 19.7. The van der Waals surface area contributed by atoms with Crippen molar-refractivity contribution in [1.29, 1.82) is 0 Å². The van der Waals surface area contributed by atoms with Gasteiger partial charge in [0, 0.05) is 34.2 Å². The zero-order chi connectivity index (χ0) is 30.8. The second kappa shape index (κ2) is 12.6. The molecule has 224 valence electrons. The van der Waals surface area contributed by atoms with E-state index in [1.165, 1.54) is 12.5 Å². The molecule has 1 aliphatic rings. The smallest absolute Gasteiger partial charge is 0.407 e. The van der Waals surface area contributed by atoms with Crippen molar-refractivity contribution < 1.29 is 31.7 Å². The van der Waals surface area contributed by atoms with Gasteiger partial charge in [-0.3, -0.25) is 14.0 Å². The van der Waals surface area contributed by atoms with Crippen molar-refractivity contribution in [2.24, 2.45) is 5.92 Å². The van der Waals surface area contributed by atoms with Crippen LogP contribution in [0.4, 0.5) is 23.7 Å². The number of nitrogens with one attached hydrogen (secondary N) is 2. The number of halogens is 3. The summed E-state index contributed by atoms with van der Waals surface area (Å²) in [7, 11) is -1.66. The van der Waals surface area contributed by atoms with Crippen molar-refractivity contribution in [3.8, 4) is 11.3 Å². The van der Waals surface area contributed by atoms with Gasteiger partial charge in [-0.2, -0.15) is 0 Å². The number of rotatable bonds is 6. The molecule has 1 aliphatic carbocycles. The summed E-state index contributed by atoms with van der Waals surface area (Å²) in [5.74, 6) is -3.83. The number of benzene rings is 1. The molecule has 8 nitrogen and oxygen atoms in total. The van der Waals surface area contributed by atoms with Gasteiger partial charge in [0.1, 0.15) is 34.4 Å². The molecule has 1 fully saturated rings. The number of pyridine rings is 2. The fourth-order valence-corrected chi connectivity index (χ4v) is 5.73. The van der Waals surface area contributed by atoms with E-state index in [0.717, 1.165) is 42.7 Å². The quantitative estimate of drug-likeness (QED) is 0.340. The van der Waals surface area contributed by atoms with Gasteiger partial charge in [-0.15, -0.1) is 0 Å². The molecule has 2 unspecified atom stereocenters. The minimum atomic E-state index is -1.66. The first-order valence-corrected chi connectivity index (χ1v) is 15.0. The number of carbonyl (C=O) groups excluding carboxylic acids is 2. The number of aromatic nitrogens is 2. The fourth-order valence-electron chi connectivity index (χ4n) is 5.19. The Labute approximate surface area is 244 Å². The Balaban J connectivity index is 1.57. The second-order valence-corrected chi connectivity index (χ2v) is 12.9. The molecule has 4 rings (SSSR count). The highest BCUT2D eigenvalue weighted by Crippen LogP contribution is 2.39. The SMILES string of the molecule is C[C@@H]1CC(NC(=O)OC(C)(C)C)CC(c2ccncc2NC(=O)c2ccc(F)c(-c3c(F)cc([S@@](C)=O)cc3F)n2)C1. The van der Waals surface area contributed by atoms with Crippen molar-refractivity contribution in [2.45, 2.75) is 69.4 Å². The summed E-state index contributed by atoms with van der Waals surface area (Å²) >= 11 is 0. The van der Waals surface area contributed by atoms with Gasteiger partial charge < -0.3 is 15.4 Å². The molecule has 1 aromatic carbocycles. The van der Waals surface area contributed by atoms with Crippen LogP contribution < -0.4 is 10.6 Å². The summed E-state index contributed by atoms with van der Waals surface area (Å²) in [6.07, 6.45) is 6.03. The highest BCUT2D eigenvalue weighted by Gasteiger charge is 2.31. The fraction of sp³-hybridized carbons (Fsp3) is 0.400. The molecule has 0 saturated heterocycles. The Morgan fingerprint density at radius 2 is 1.71 bits per heavy atom. The van der Waals surface area contributed by atoms with Gasteiger partial charge in [-0.1, -0.05) is 6.92 Å². The topological polar surface area (TPSA) is 110 Å². The summed E-state index contributed by atoms with van der Waals surface area (Å²) in [6, 6.07) is 5.35. The third-order valence-corrected chi connectivity index (χ3v) is 7.77. The van der Waals surface area contributed by atoms with Crippen molar-refractivity contribution in [3.63, 3.8) is 0 Å². The Hall–Kier alpha value is -3.80. The van der Waals surface area contributed by atoms with E-state index in [9.17, 15) is 27.0 Å². The summed E-state index contributed by atoms with van der Waals surface area (Å²) in [5, 5.41) is 5.70. The molecule has 4 atom stereocenters. The number of ether oxygens (including phenoxy) is 1. The molecule has 12 heteroatoms. The van der Waals surface area contributed by atoms with Gasteiger partial charge in [0.15, 0.2) is 0 Å². The van der Waals surface area contributed by atoms with Crippen LogP contribution >= 0.6 is 0 Å². The molecule has 2 aromatic heterocycles. The average molecular weight is 603 g/mol. The van der Waals surface area contributed by atoms with Crippen molar-refractivity contribution >= 4 is 28.5 Å². The van der Waals surface area contributed by atoms with Gasteiger partial charge >= 0.3 is 6.09 Å². The van der Waals surface area contributed by atoms with Crippen LogP contribution in [0.5, 0.6) is 0 Å². The molecular weight excluding hydrogens is 569 g/mol. The molecule has 0 bridgehead atoms. The van der Waals surface area contributed by atoms with E-state index in [1.54, 1.807) is 33.0 Å². The van der Waals surface area contributed by atoms with E-state index < -0.39 is 57.1 Å². The average Bonchev–Trinajstić information content (AvgIpc) is 2.88. The maximum Gasteiger partial charge on any atom is 0.407 e. The number of alkyl carbamates (subject to hydrolysis) is 1. The van der Waals surface area contributed by atoms with Gasteiger partial charge in [0.25, 0.3) is 5.91 Å². The van der Waals surface area contributed by atoms with Crippen LogP contribution in [0.3, 0.4) is 0 Å². The van der Waals surface area contributed by atoms with Crippen LogP contribution in [0.1, 0.15) is 68.9 Å². The van der Waals surface area contributed by atoms with E-state index in [4.69, 9.17) is 4.74 Å². The summed E-state index contributed by atoms with van der Waals surface area (Å²) in [5.41, 5.74) is -1.16. The highest BCUT2D eigenvalue weighted by atomic mass is 32.2. The number of carbonyl (C=O) groups is 2. The molecule has 0 spiro atoms. The van der Waals surface area contributed by atoms with Gasteiger partial charge in [-0.25, -0.2) is 22.9 Å². The molecule has 3 aromatic rings. The first-order valence-electron chi connectivity index (χ1n) is 13.5. The Morgan fingerprint density at radius 1 is 1.02 bits per heavy atom. The molecule has 2 heterocycles. The van der Waals surface area contributed by atoms with Crippen LogP contribution in [0.25, 0.3) is 11.3 Å². The van der Waals surface area contributed by atoms with Gasteiger partial charge in [-0.05, 0) is 87.8 Å². The number of nitrogens with zero attached hydrogens (tertiary/aromatic N) is 2. The zero-order valence-corrected chi connectivity index (χ0v) is 24.8. The Kier molecular flexibility index (Phi) is 9.34. The predicted molar refractivity (Wildman–Crippen MR) is 153 cm³/mol. The van der Waals surface area contributed by atoms with Crippen molar-refractivity contribution in [1.82, 2.24) is 15.3 Å². The minimum Gasteiger partial charge on any atom is -0.444 e. The van der Waals surface area contributed by atoms with Crippen LogP contribution in [0, 0.1) is 23.4 Å². The number of anilines is 1. The molecule has 0 aliphatic heterocycles.